The van der Waals surface area contributed by atoms with Gasteiger partial charge in [-0.3, -0.25) is 0 Å². The van der Waals surface area contributed by atoms with Crippen LogP contribution in [0.2, 0.25) is 5.28 Å². The standard InChI is InChI=1S/C11H18ClN5O2/c1-11(2,18)7-13-9-14-8(12)15-10(16-9)17-3-5-19-6-4-17/h18H,3-7H2,1-2H3,(H,13,14,15,16). The van der Waals surface area contributed by atoms with E-state index < -0.39 is 5.60 Å². The third-order valence-corrected chi connectivity index (χ3v) is 2.74. The van der Waals surface area contributed by atoms with Crippen molar-refractivity contribution < 1.29 is 9.84 Å². The summed E-state index contributed by atoms with van der Waals surface area (Å²) in [7, 11) is 0. The average molecular weight is 288 g/mol. The topological polar surface area (TPSA) is 83.4 Å². The van der Waals surface area contributed by atoms with E-state index in [-0.39, 0.29) is 5.28 Å². The Bertz CT molecular complexity index is 432. The number of aliphatic hydroxyl groups is 1. The summed E-state index contributed by atoms with van der Waals surface area (Å²) in [5.41, 5.74) is -0.849. The predicted molar refractivity (Wildman–Crippen MR) is 72.7 cm³/mol. The Morgan fingerprint density at radius 3 is 2.63 bits per heavy atom. The molecule has 1 aromatic rings. The van der Waals surface area contributed by atoms with E-state index in [1.807, 2.05) is 4.90 Å². The zero-order chi connectivity index (χ0) is 13.9. The maximum absolute atomic E-state index is 9.67. The lowest BCUT2D eigenvalue weighted by Crippen LogP contribution is -2.37. The van der Waals surface area contributed by atoms with Gasteiger partial charge in [-0.1, -0.05) is 0 Å². The van der Waals surface area contributed by atoms with Gasteiger partial charge in [0.05, 0.1) is 18.8 Å². The van der Waals surface area contributed by atoms with Crippen molar-refractivity contribution in [2.24, 2.45) is 0 Å². The molecule has 0 amide bonds. The number of anilines is 2. The molecule has 0 atom stereocenters. The quantitative estimate of drug-likeness (QED) is 0.836. The first kappa shape index (κ1) is 14.2. The van der Waals surface area contributed by atoms with Crippen molar-refractivity contribution in [2.75, 3.05) is 43.1 Å². The van der Waals surface area contributed by atoms with Crippen LogP contribution in [0.25, 0.3) is 0 Å². The molecule has 0 aliphatic carbocycles. The van der Waals surface area contributed by atoms with Crippen LogP contribution in [0, 0.1) is 0 Å². The highest BCUT2D eigenvalue weighted by Gasteiger charge is 2.17. The van der Waals surface area contributed by atoms with Crippen molar-refractivity contribution in [3.63, 3.8) is 0 Å². The molecule has 1 aromatic heterocycles. The van der Waals surface area contributed by atoms with Crippen LogP contribution in [-0.2, 0) is 4.74 Å². The van der Waals surface area contributed by atoms with Crippen LogP contribution in [0.1, 0.15) is 13.8 Å². The molecular weight excluding hydrogens is 270 g/mol. The first-order valence-electron chi connectivity index (χ1n) is 6.14. The van der Waals surface area contributed by atoms with E-state index in [4.69, 9.17) is 16.3 Å². The molecule has 1 saturated heterocycles. The number of hydrogen-bond acceptors (Lipinski definition) is 7. The van der Waals surface area contributed by atoms with Crippen molar-refractivity contribution in [2.45, 2.75) is 19.4 Å². The number of nitrogens with zero attached hydrogens (tertiary/aromatic N) is 4. The highest BCUT2D eigenvalue weighted by atomic mass is 35.5. The summed E-state index contributed by atoms with van der Waals surface area (Å²) in [6.45, 7) is 6.48. The van der Waals surface area contributed by atoms with Crippen LogP contribution in [0.4, 0.5) is 11.9 Å². The number of hydrogen-bond donors (Lipinski definition) is 2. The second-order valence-electron chi connectivity index (χ2n) is 4.99. The van der Waals surface area contributed by atoms with Gasteiger partial charge in [-0.25, -0.2) is 0 Å². The number of halogens is 1. The molecule has 2 N–H and O–H groups in total. The fourth-order valence-corrected chi connectivity index (χ4v) is 1.77. The molecular formula is C11H18ClN5O2. The summed E-state index contributed by atoms with van der Waals surface area (Å²) >= 11 is 5.90. The molecule has 1 aliphatic rings. The van der Waals surface area contributed by atoms with Crippen LogP contribution < -0.4 is 10.2 Å². The first-order chi connectivity index (χ1) is 8.94. The first-order valence-corrected chi connectivity index (χ1v) is 6.52. The summed E-state index contributed by atoms with van der Waals surface area (Å²) in [5.74, 6) is 0.894. The number of ether oxygens (including phenoxy) is 1. The number of rotatable bonds is 4. The molecule has 0 saturated carbocycles. The number of aromatic nitrogens is 3. The van der Waals surface area contributed by atoms with Crippen LogP contribution >= 0.6 is 11.6 Å². The van der Waals surface area contributed by atoms with Gasteiger partial charge < -0.3 is 20.1 Å². The fourth-order valence-electron chi connectivity index (χ4n) is 1.62. The fraction of sp³-hybridized carbons (Fsp3) is 0.727. The van der Waals surface area contributed by atoms with Gasteiger partial charge in [0, 0.05) is 19.6 Å². The molecule has 2 rings (SSSR count). The van der Waals surface area contributed by atoms with Gasteiger partial charge >= 0.3 is 0 Å². The summed E-state index contributed by atoms with van der Waals surface area (Å²) in [5, 5.41) is 12.8. The lowest BCUT2D eigenvalue weighted by molar-refractivity contribution is 0.0943. The van der Waals surface area contributed by atoms with Crippen molar-refractivity contribution in [3.8, 4) is 0 Å². The van der Waals surface area contributed by atoms with Crippen molar-refractivity contribution in [1.82, 2.24) is 15.0 Å². The van der Waals surface area contributed by atoms with E-state index in [1.54, 1.807) is 13.8 Å². The molecule has 106 valence electrons. The molecule has 0 unspecified atom stereocenters. The van der Waals surface area contributed by atoms with Gasteiger partial charge in [-0.2, -0.15) is 15.0 Å². The molecule has 0 aromatic carbocycles. The summed E-state index contributed by atoms with van der Waals surface area (Å²) in [6, 6.07) is 0. The van der Waals surface area contributed by atoms with Crippen LogP contribution in [-0.4, -0.2) is 58.5 Å². The van der Waals surface area contributed by atoms with Gasteiger partial charge in [0.25, 0.3) is 0 Å². The maximum Gasteiger partial charge on any atom is 0.231 e. The molecule has 7 nitrogen and oxygen atoms in total. The van der Waals surface area contributed by atoms with Gasteiger partial charge in [-0.05, 0) is 25.4 Å². The van der Waals surface area contributed by atoms with Gasteiger partial charge in [0.1, 0.15) is 0 Å². The van der Waals surface area contributed by atoms with E-state index in [0.29, 0.717) is 31.7 Å². The predicted octanol–water partition coefficient (Wildman–Crippen LogP) is 0.544. The third-order valence-electron chi connectivity index (χ3n) is 2.57. The highest BCUT2D eigenvalue weighted by molar-refractivity contribution is 6.28. The monoisotopic (exact) mass is 287 g/mol. The zero-order valence-corrected chi connectivity index (χ0v) is 11.8. The maximum atomic E-state index is 9.67. The Kier molecular flexibility index (Phi) is 4.38. The molecule has 0 spiro atoms. The lowest BCUT2D eigenvalue weighted by atomic mass is 10.1. The molecule has 1 aliphatic heterocycles. The van der Waals surface area contributed by atoms with E-state index in [1.165, 1.54) is 0 Å². The normalized spacial score (nSPS) is 16.5. The Hall–Kier alpha value is -1.18. The Morgan fingerprint density at radius 1 is 1.32 bits per heavy atom. The smallest absolute Gasteiger partial charge is 0.231 e. The lowest BCUT2D eigenvalue weighted by Gasteiger charge is -2.27. The molecule has 8 heteroatoms. The van der Waals surface area contributed by atoms with E-state index in [9.17, 15) is 5.11 Å². The largest absolute Gasteiger partial charge is 0.389 e. The third kappa shape index (κ3) is 4.45. The SMILES string of the molecule is CC(C)(O)CNc1nc(Cl)nc(N2CCOCC2)n1. The molecule has 19 heavy (non-hydrogen) atoms. The average Bonchev–Trinajstić information content (AvgIpc) is 2.36. The van der Waals surface area contributed by atoms with E-state index >= 15 is 0 Å². The van der Waals surface area contributed by atoms with E-state index in [2.05, 4.69) is 20.3 Å². The highest BCUT2D eigenvalue weighted by Crippen LogP contribution is 2.15. The Morgan fingerprint density at radius 2 is 2.00 bits per heavy atom. The second kappa shape index (κ2) is 5.85. The summed E-state index contributed by atoms with van der Waals surface area (Å²) in [6.07, 6.45) is 0. The molecule has 0 radical (unpaired) electrons. The molecule has 1 fully saturated rings. The minimum Gasteiger partial charge on any atom is -0.389 e. The van der Waals surface area contributed by atoms with Crippen molar-refractivity contribution >= 4 is 23.5 Å². The van der Waals surface area contributed by atoms with Gasteiger partial charge in [0.15, 0.2) is 0 Å². The number of morpholine rings is 1. The van der Waals surface area contributed by atoms with Gasteiger partial charge in [0.2, 0.25) is 17.2 Å². The minimum absolute atomic E-state index is 0.134. The van der Waals surface area contributed by atoms with Crippen LogP contribution in [0.15, 0.2) is 0 Å². The molecule has 0 bridgehead atoms. The second-order valence-corrected chi connectivity index (χ2v) is 5.33. The van der Waals surface area contributed by atoms with Crippen LogP contribution in [0.5, 0.6) is 0 Å². The zero-order valence-electron chi connectivity index (χ0n) is 11.1. The number of nitrogens with one attached hydrogen (secondary N) is 1. The Labute approximate surface area is 117 Å². The van der Waals surface area contributed by atoms with Crippen molar-refractivity contribution in [1.29, 1.82) is 0 Å². The van der Waals surface area contributed by atoms with Crippen LogP contribution in [0.3, 0.4) is 0 Å². The van der Waals surface area contributed by atoms with Gasteiger partial charge in [-0.15, -0.1) is 0 Å². The minimum atomic E-state index is -0.849. The Balaban J connectivity index is 2.10. The molecule has 2 heterocycles. The van der Waals surface area contributed by atoms with Crippen molar-refractivity contribution in [3.05, 3.63) is 5.28 Å². The summed E-state index contributed by atoms with van der Waals surface area (Å²) in [4.78, 5) is 14.4. The van der Waals surface area contributed by atoms with E-state index in [0.717, 1.165) is 13.1 Å². The summed E-state index contributed by atoms with van der Waals surface area (Å²) < 4.78 is 5.28.